The van der Waals surface area contributed by atoms with Crippen molar-refractivity contribution < 1.29 is 14.7 Å². The molecule has 0 spiro atoms. The lowest BCUT2D eigenvalue weighted by Gasteiger charge is -2.12. The quantitative estimate of drug-likeness (QED) is 0.375. The number of carboxylic acid groups (broad SMARTS) is 1. The van der Waals surface area contributed by atoms with Gasteiger partial charge in [0.05, 0.1) is 10.7 Å². The molecule has 0 aliphatic rings. The lowest BCUT2D eigenvalue weighted by molar-refractivity contribution is -0.137. The van der Waals surface area contributed by atoms with Gasteiger partial charge in [0.15, 0.2) is 0 Å². The van der Waals surface area contributed by atoms with Gasteiger partial charge < -0.3 is 15.7 Å². The number of hydrogen-bond donors (Lipinski definition) is 3. The van der Waals surface area contributed by atoms with Crippen molar-refractivity contribution in [1.82, 2.24) is 4.98 Å². The molecule has 6 nitrogen and oxygen atoms in total. The first kappa shape index (κ1) is 22.1. The van der Waals surface area contributed by atoms with Gasteiger partial charge in [0.2, 0.25) is 0 Å². The highest BCUT2D eigenvalue weighted by Gasteiger charge is 2.09. The van der Waals surface area contributed by atoms with Crippen LogP contribution in [0.2, 0.25) is 5.02 Å². The number of pyridine rings is 1. The number of aliphatic carboxylic acids is 1. The zero-order valence-electron chi connectivity index (χ0n) is 16.7. The molecule has 0 bridgehead atoms. The summed E-state index contributed by atoms with van der Waals surface area (Å²) in [5, 5.41) is 14.9. The van der Waals surface area contributed by atoms with E-state index in [0.717, 1.165) is 16.7 Å². The van der Waals surface area contributed by atoms with E-state index < -0.39 is 12.0 Å². The number of para-hydroxylation sites is 1. The van der Waals surface area contributed by atoms with Gasteiger partial charge in [-0.05, 0) is 54.3 Å². The summed E-state index contributed by atoms with van der Waals surface area (Å²) in [6.45, 7) is 0. The lowest BCUT2D eigenvalue weighted by Crippen LogP contribution is -2.19. The Morgan fingerprint density at radius 2 is 1.81 bits per heavy atom. The van der Waals surface area contributed by atoms with Crippen LogP contribution in [0.25, 0.3) is 5.57 Å². The minimum absolute atomic E-state index is 0.112. The molecule has 0 aliphatic carbocycles. The second-order valence-electron chi connectivity index (χ2n) is 6.79. The first-order chi connectivity index (χ1) is 15.0. The summed E-state index contributed by atoms with van der Waals surface area (Å²) in [5.74, 6) is -0.813. The van der Waals surface area contributed by atoms with Crippen LogP contribution in [0, 0.1) is 0 Å². The van der Waals surface area contributed by atoms with Crippen LogP contribution in [0.5, 0.6) is 0 Å². The number of aromatic nitrogens is 1. The van der Waals surface area contributed by atoms with E-state index in [1.807, 2.05) is 36.4 Å². The zero-order valence-corrected chi connectivity index (χ0v) is 17.5. The molecule has 158 valence electrons. The van der Waals surface area contributed by atoms with Crippen molar-refractivity contribution in [1.29, 1.82) is 0 Å². The summed E-state index contributed by atoms with van der Waals surface area (Å²) in [5.41, 5.74) is 3.86. The van der Waals surface area contributed by atoms with Crippen LogP contribution in [0.15, 0.2) is 79.1 Å². The van der Waals surface area contributed by atoms with Crippen molar-refractivity contribution in [3.05, 3.63) is 95.3 Å². The molecular formula is C24H22ClN3O3. The standard InChI is InChI=1S/C24H22ClN3O3/c25-21-11-2-3-12-22(21)28-24(31)27-19-9-5-7-17(15-19)20(10-1-4-13-23(29)30)18-8-6-14-26-16-18/h2-3,5-12,14-16H,1,4,13H2,(H,29,30)(H2,27,28,31). The number of benzene rings is 2. The molecule has 0 atom stereocenters. The van der Waals surface area contributed by atoms with Crippen molar-refractivity contribution >= 4 is 40.5 Å². The molecule has 1 heterocycles. The fourth-order valence-corrected chi connectivity index (χ4v) is 3.22. The van der Waals surface area contributed by atoms with E-state index in [1.165, 1.54) is 0 Å². The Morgan fingerprint density at radius 1 is 1.00 bits per heavy atom. The van der Waals surface area contributed by atoms with Gasteiger partial charge in [0, 0.05) is 30.1 Å². The van der Waals surface area contributed by atoms with Crippen LogP contribution in [0.4, 0.5) is 16.2 Å². The van der Waals surface area contributed by atoms with Gasteiger partial charge in [-0.3, -0.25) is 9.78 Å². The number of nitrogens with zero attached hydrogens (tertiary/aromatic N) is 1. The molecule has 31 heavy (non-hydrogen) atoms. The molecule has 0 aliphatic heterocycles. The number of amides is 2. The topological polar surface area (TPSA) is 91.3 Å². The molecule has 2 amide bonds. The van der Waals surface area contributed by atoms with Crippen molar-refractivity contribution in [3.63, 3.8) is 0 Å². The molecule has 1 aromatic heterocycles. The number of rotatable bonds is 8. The van der Waals surface area contributed by atoms with E-state index in [-0.39, 0.29) is 6.42 Å². The first-order valence-electron chi connectivity index (χ1n) is 9.78. The molecule has 7 heteroatoms. The predicted molar refractivity (Wildman–Crippen MR) is 123 cm³/mol. The predicted octanol–water partition coefficient (Wildman–Crippen LogP) is 6.07. The van der Waals surface area contributed by atoms with Crippen LogP contribution in [0.3, 0.4) is 0 Å². The molecule has 3 aromatic rings. The molecule has 0 radical (unpaired) electrons. The highest BCUT2D eigenvalue weighted by molar-refractivity contribution is 6.33. The minimum Gasteiger partial charge on any atom is -0.481 e. The number of halogens is 1. The molecule has 3 rings (SSSR count). The van der Waals surface area contributed by atoms with E-state index >= 15 is 0 Å². The highest BCUT2D eigenvalue weighted by Crippen LogP contribution is 2.26. The molecule has 2 aromatic carbocycles. The van der Waals surface area contributed by atoms with Gasteiger partial charge in [0.25, 0.3) is 0 Å². The number of hydrogen-bond acceptors (Lipinski definition) is 3. The fraction of sp³-hybridized carbons (Fsp3) is 0.125. The van der Waals surface area contributed by atoms with Crippen molar-refractivity contribution in [3.8, 4) is 0 Å². The second-order valence-corrected chi connectivity index (χ2v) is 7.19. The Bertz CT molecular complexity index is 1080. The number of unbranched alkanes of at least 4 members (excludes halogenated alkanes) is 1. The largest absolute Gasteiger partial charge is 0.481 e. The summed E-state index contributed by atoms with van der Waals surface area (Å²) in [4.78, 5) is 27.4. The first-order valence-corrected chi connectivity index (χ1v) is 10.2. The minimum atomic E-state index is -0.813. The summed E-state index contributed by atoms with van der Waals surface area (Å²) in [6, 6.07) is 17.8. The van der Waals surface area contributed by atoms with Crippen LogP contribution >= 0.6 is 11.6 Å². The Morgan fingerprint density at radius 3 is 2.55 bits per heavy atom. The van der Waals surface area contributed by atoms with Crippen molar-refractivity contribution in [2.24, 2.45) is 0 Å². The third-order valence-electron chi connectivity index (χ3n) is 4.47. The molecule has 0 fully saturated rings. The van der Waals surface area contributed by atoms with E-state index in [9.17, 15) is 9.59 Å². The molecule has 0 saturated heterocycles. The average molecular weight is 436 g/mol. The number of carboxylic acids is 1. The number of carbonyl (C=O) groups is 2. The van der Waals surface area contributed by atoms with Gasteiger partial charge >= 0.3 is 12.0 Å². The van der Waals surface area contributed by atoms with Crippen molar-refractivity contribution in [2.45, 2.75) is 19.3 Å². The number of urea groups is 1. The number of nitrogens with one attached hydrogen (secondary N) is 2. The van der Waals surface area contributed by atoms with E-state index in [4.69, 9.17) is 16.7 Å². The van der Waals surface area contributed by atoms with E-state index in [0.29, 0.717) is 29.2 Å². The Kier molecular flexibility index (Phi) is 7.79. The maximum Gasteiger partial charge on any atom is 0.323 e. The van der Waals surface area contributed by atoms with Gasteiger partial charge in [-0.25, -0.2) is 4.79 Å². The average Bonchev–Trinajstić information content (AvgIpc) is 2.76. The normalized spacial score (nSPS) is 11.1. The highest BCUT2D eigenvalue weighted by atomic mass is 35.5. The summed E-state index contributed by atoms with van der Waals surface area (Å²) >= 11 is 6.09. The Labute approximate surface area is 185 Å². The van der Waals surface area contributed by atoms with Crippen molar-refractivity contribution in [2.75, 3.05) is 10.6 Å². The SMILES string of the molecule is O=C(O)CCCC=C(c1cccnc1)c1cccc(NC(=O)Nc2ccccc2Cl)c1. The van der Waals surface area contributed by atoms with Gasteiger partial charge in [-0.2, -0.15) is 0 Å². The molecular weight excluding hydrogens is 414 g/mol. The van der Waals surface area contributed by atoms with E-state index in [1.54, 1.807) is 42.7 Å². The maximum absolute atomic E-state index is 12.4. The Balaban J connectivity index is 1.78. The lowest BCUT2D eigenvalue weighted by atomic mass is 9.97. The van der Waals surface area contributed by atoms with E-state index in [2.05, 4.69) is 15.6 Å². The number of anilines is 2. The number of carbonyl (C=O) groups excluding carboxylic acids is 1. The summed E-state index contributed by atoms with van der Waals surface area (Å²) in [7, 11) is 0. The molecule has 0 saturated carbocycles. The molecule has 3 N–H and O–H groups in total. The summed E-state index contributed by atoms with van der Waals surface area (Å²) in [6.07, 6.45) is 6.72. The van der Waals surface area contributed by atoms with Gasteiger partial charge in [0.1, 0.15) is 0 Å². The van der Waals surface area contributed by atoms with Crippen LogP contribution in [-0.4, -0.2) is 22.1 Å². The smallest absolute Gasteiger partial charge is 0.323 e. The van der Waals surface area contributed by atoms with Gasteiger partial charge in [-0.1, -0.05) is 48.0 Å². The van der Waals surface area contributed by atoms with Crippen LogP contribution in [0.1, 0.15) is 30.4 Å². The molecule has 0 unspecified atom stereocenters. The van der Waals surface area contributed by atoms with Gasteiger partial charge in [-0.15, -0.1) is 0 Å². The third kappa shape index (κ3) is 6.69. The third-order valence-corrected chi connectivity index (χ3v) is 4.80. The summed E-state index contributed by atoms with van der Waals surface area (Å²) < 4.78 is 0. The zero-order chi connectivity index (χ0) is 22.1. The Hall–Kier alpha value is -3.64. The van der Waals surface area contributed by atoms with Crippen LogP contribution < -0.4 is 10.6 Å². The fourth-order valence-electron chi connectivity index (χ4n) is 3.04. The van der Waals surface area contributed by atoms with Crippen LogP contribution in [-0.2, 0) is 4.79 Å². The monoisotopic (exact) mass is 435 g/mol. The second kappa shape index (κ2) is 10.9. The maximum atomic E-state index is 12.4. The number of allylic oxidation sites excluding steroid dienone is 1.